The minimum atomic E-state index is 0.00465. The van der Waals surface area contributed by atoms with Crippen LogP contribution in [0.4, 0.5) is 5.69 Å². The molecule has 0 bridgehead atoms. The fourth-order valence-corrected chi connectivity index (χ4v) is 4.38. The topological polar surface area (TPSA) is 38.8 Å². The van der Waals surface area contributed by atoms with Gasteiger partial charge in [0.1, 0.15) is 0 Å². The van der Waals surface area contributed by atoms with Gasteiger partial charge in [-0.05, 0) is 49.7 Å². The van der Waals surface area contributed by atoms with E-state index in [1.165, 1.54) is 22.4 Å². The van der Waals surface area contributed by atoms with Gasteiger partial charge in [-0.1, -0.05) is 29.8 Å². The molecule has 4 rings (SSSR count). The third-order valence-electron chi connectivity index (χ3n) is 6.36. The monoisotopic (exact) mass is 392 g/mol. The van der Waals surface area contributed by atoms with Gasteiger partial charge in [-0.2, -0.15) is 0 Å². The summed E-state index contributed by atoms with van der Waals surface area (Å²) in [5, 5.41) is 3.20. The van der Waals surface area contributed by atoms with Crippen molar-refractivity contribution in [3.8, 4) is 0 Å². The van der Waals surface area contributed by atoms with Crippen molar-refractivity contribution in [2.24, 2.45) is 0 Å². The van der Waals surface area contributed by atoms with Crippen LogP contribution in [0.25, 0.3) is 0 Å². The van der Waals surface area contributed by atoms with Crippen molar-refractivity contribution in [2.45, 2.75) is 19.4 Å². The minimum absolute atomic E-state index is 0.00465. The molecule has 0 radical (unpaired) electrons. The summed E-state index contributed by atoms with van der Waals surface area (Å²) in [6.07, 6.45) is 1.10. The van der Waals surface area contributed by atoms with Gasteiger partial charge in [-0.3, -0.25) is 9.69 Å². The van der Waals surface area contributed by atoms with E-state index in [0.717, 1.165) is 44.7 Å². The maximum atomic E-state index is 12.7. The van der Waals surface area contributed by atoms with Crippen molar-refractivity contribution < 1.29 is 4.79 Å². The van der Waals surface area contributed by atoms with E-state index in [9.17, 15) is 4.79 Å². The van der Waals surface area contributed by atoms with Crippen molar-refractivity contribution in [3.05, 3.63) is 64.7 Å². The number of aryl methyl sites for hydroxylation is 1. The Bertz CT molecular complexity index is 856. The summed E-state index contributed by atoms with van der Waals surface area (Å²) in [5.74, 6) is 0.00465. The number of nitrogens with one attached hydrogen (secondary N) is 1. The smallest absolute Gasteiger partial charge is 0.251 e. The number of nitrogens with zero attached hydrogens (tertiary/aromatic N) is 3. The first-order chi connectivity index (χ1) is 14.0. The van der Waals surface area contributed by atoms with E-state index in [-0.39, 0.29) is 11.9 Å². The molecule has 2 aromatic rings. The summed E-state index contributed by atoms with van der Waals surface area (Å²) < 4.78 is 0. The first kappa shape index (κ1) is 19.9. The highest BCUT2D eigenvalue weighted by atomic mass is 16.1. The number of benzene rings is 2. The molecule has 2 aromatic carbocycles. The summed E-state index contributed by atoms with van der Waals surface area (Å²) in [4.78, 5) is 19.9. The van der Waals surface area contributed by atoms with Crippen molar-refractivity contribution >= 4 is 11.6 Å². The van der Waals surface area contributed by atoms with Crippen LogP contribution >= 0.6 is 0 Å². The van der Waals surface area contributed by atoms with Gasteiger partial charge < -0.3 is 15.1 Å². The predicted molar refractivity (Wildman–Crippen MR) is 119 cm³/mol. The van der Waals surface area contributed by atoms with E-state index in [1.54, 1.807) is 0 Å². The Kier molecular flexibility index (Phi) is 5.88. The van der Waals surface area contributed by atoms with Crippen molar-refractivity contribution in [1.82, 2.24) is 15.1 Å². The quantitative estimate of drug-likeness (QED) is 0.849. The molecule has 1 saturated heterocycles. The Balaban J connectivity index is 1.52. The lowest BCUT2D eigenvalue weighted by molar-refractivity contribution is 0.0886. The molecule has 2 aliphatic heterocycles. The third-order valence-corrected chi connectivity index (χ3v) is 6.36. The molecular weight excluding hydrogens is 360 g/mol. The molecule has 5 heteroatoms. The van der Waals surface area contributed by atoms with E-state index in [2.05, 4.69) is 52.3 Å². The van der Waals surface area contributed by atoms with E-state index in [0.29, 0.717) is 6.54 Å². The zero-order valence-electron chi connectivity index (χ0n) is 17.8. The maximum absolute atomic E-state index is 12.7. The zero-order chi connectivity index (χ0) is 20.4. The maximum Gasteiger partial charge on any atom is 0.251 e. The second kappa shape index (κ2) is 8.56. The number of hydrogen-bond acceptors (Lipinski definition) is 4. The Morgan fingerprint density at radius 1 is 1.00 bits per heavy atom. The van der Waals surface area contributed by atoms with E-state index in [4.69, 9.17) is 0 Å². The highest BCUT2D eigenvalue weighted by Crippen LogP contribution is 2.31. The molecule has 1 atom stereocenters. The van der Waals surface area contributed by atoms with E-state index >= 15 is 0 Å². The minimum Gasteiger partial charge on any atom is -0.374 e. The van der Waals surface area contributed by atoms with Crippen LogP contribution in [0.1, 0.15) is 33.1 Å². The van der Waals surface area contributed by atoms with Gasteiger partial charge in [0.05, 0.1) is 6.04 Å². The van der Waals surface area contributed by atoms with Gasteiger partial charge in [0.15, 0.2) is 0 Å². The highest BCUT2D eigenvalue weighted by molar-refractivity contribution is 5.94. The number of carbonyl (C=O) groups excluding carboxylic acids is 1. The largest absolute Gasteiger partial charge is 0.374 e. The molecule has 0 unspecified atom stereocenters. The molecular formula is C24H32N4O. The van der Waals surface area contributed by atoms with Crippen molar-refractivity contribution in [3.63, 3.8) is 0 Å². The number of piperazine rings is 1. The van der Waals surface area contributed by atoms with Crippen LogP contribution in [0.5, 0.6) is 0 Å². The lowest BCUT2D eigenvalue weighted by Crippen LogP contribution is -2.48. The predicted octanol–water partition coefficient (Wildman–Crippen LogP) is 2.71. The Morgan fingerprint density at radius 2 is 1.72 bits per heavy atom. The van der Waals surface area contributed by atoms with Gasteiger partial charge in [-0.25, -0.2) is 0 Å². The van der Waals surface area contributed by atoms with E-state index < -0.39 is 0 Å². The molecule has 2 aliphatic rings. The molecule has 5 nitrogen and oxygen atoms in total. The van der Waals surface area contributed by atoms with Gasteiger partial charge in [-0.15, -0.1) is 0 Å². The molecule has 2 heterocycles. The first-order valence-corrected chi connectivity index (χ1v) is 10.6. The second-order valence-electron chi connectivity index (χ2n) is 8.49. The van der Waals surface area contributed by atoms with Crippen LogP contribution in [-0.2, 0) is 6.42 Å². The fourth-order valence-electron chi connectivity index (χ4n) is 4.38. The molecule has 0 spiro atoms. The third kappa shape index (κ3) is 4.46. The average molecular weight is 393 g/mol. The molecule has 0 aliphatic carbocycles. The molecule has 1 fully saturated rings. The molecule has 0 saturated carbocycles. The molecule has 1 N–H and O–H groups in total. The van der Waals surface area contributed by atoms with Crippen LogP contribution in [0.3, 0.4) is 0 Å². The lowest BCUT2D eigenvalue weighted by Gasteiger charge is -2.38. The van der Waals surface area contributed by atoms with Gasteiger partial charge in [0, 0.05) is 57.6 Å². The van der Waals surface area contributed by atoms with Crippen LogP contribution in [0, 0.1) is 6.92 Å². The lowest BCUT2D eigenvalue weighted by atomic mass is 10.00. The Hall–Kier alpha value is -2.37. The Labute approximate surface area is 174 Å². The van der Waals surface area contributed by atoms with Crippen LogP contribution in [0.15, 0.2) is 42.5 Å². The van der Waals surface area contributed by atoms with Crippen LogP contribution in [0.2, 0.25) is 0 Å². The number of likely N-dealkylation sites (N-methyl/N-ethyl adjacent to an activating group) is 2. The zero-order valence-corrected chi connectivity index (χ0v) is 17.8. The normalized spacial score (nSPS) is 18.5. The van der Waals surface area contributed by atoms with Crippen LogP contribution < -0.4 is 10.2 Å². The number of hydrogen-bond donors (Lipinski definition) is 1. The molecule has 0 aromatic heterocycles. The Morgan fingerprint density at radius 3 is 2.45 bits per heavy atom. The molecule has 29 heavy (non-hydrogen) atoms. The van der Waals surface area contributed by atoms with Crippen LogP contribution in [-0.4, -0.2) is 69.1 Å². The van der Waals surface area contributed by atoms with Gasteiger partial charge in [0.25, 0.3) is 5.91 Å². The summed E-state index contributed by atoms with van der Waals surface area (Å²) in [6, 6.07) is 14.9. The summed E-state index contributed by atoms with van der Waals surface area (Å²) in [7, 11) is 4.34. The number of rotatable bonds is 5. The van der Waals surface area contributed by atoms with Crippen molar-refractivity contribution in [1.29, 1.82) is 0 Å². The fraction of sp³-hybridized carbons (Fsp3) is 0.458. The summed E-state index contributed by atoms with van der Waals surface area (Å²) >= 11 is 0. The first-order valence-electron chi connectivity index (χ1n) is 10.6. The summed E-state index contributed by atoms with van der Waals surface area (Å²) in [5.41, 5.74) is 5.97. The number of anilines is 1. The second-order valence-corrected chi connectivity index (χ2v) is 8.49. The van der Waals surface area contributed by atoms with Gasteiger partial charge >= 0.3 is 0 Å². The number of amides is 1. The number of fused-ring (bicyclic) bond motifs is 1. The molecule has 154 valence electrons. The number of carbonyl (C=O) groups is 1. The standard InChI is InChI=1S/C24H32N4O/c1-18-4-6-19(7-5-18)24(29)25-17-23(28-14-12-26(2)13-15-28)20-8-9-22-21(16-20)10-11-27(22)3/h4-9,16,23H,10-15,17H2,1-3H3,(H,25,29)/t23-/m1/s1. The summed E-state index contributed by atoms with van der Waals surface area (Å²) in [6.45, 7) is 7.94. The average Bonchev–Trinajstić information content (AvgIpc) is 3.10. The van der Waals surface area contributed by atoms with E-state index in [1.807, 2.05) is 31.2 Å². The van der Waals surface area contributed by atoms with Gasteiger partial charge in [0.2, 0.25) is 0 Å². The molecule has 1 amide bonds. The highest BCUT2D eigenvalue weighted by Gasteiger charge is 2.26. The van der Waals surface area contributed by atoms with Crippen molar-refractivity contribution in [2.75, 3.05) is 58.3 Å². The SMILES string of the molecule is Cc1ccc(C(=O)NC[C@H](c2ccc3c(c2)CCN3C)N2CCN(C)CC2)cc1.